The summed E-state index contributed by atoms with van der Waals surface area (Å²) in [6.45, 7) is 14.7. The van der Waals surface area contributed by atoms with Crippen molar-refractivity contribution >= 4 is 8.80 Å². The lowest BCUT2D eigenvalue weighted by molar-refractivity contribution is -0.171. The van der Waals surface area contributed by atoms with Crippen molar-refractivity contribution in [1.82, 2.24) is 0 Å². The number of rotatable bonds is 13. The molecule has 0 aromatic rings. The van der Waals surface area contributed by atoms with Crippen LogP contribution in [0, 0.1) is 0 Å². The van der Waals surface area contributed by atoms with Crippen molar-refractivity contribution in [2.75, 3.05) is 19.8 Å². The highest BCUT2D eigenvalue weighted by Gasteiger charge is 2.44. The minimum atomic E-state index is -3.15. The van der Waals surface area contributed by atoms with E-state index in [9.17, 15) is 0 Å². The standard InChI is InChI=1S/C15H32O6Si/c1-8-12-22(19-13(5)16-9-2,20-14(6)17-10-3)21-15(7)18-11-4/h8,12-15H,9-11H2,1-7H3. The first-order chi connectivity index (χ1) is 10.4. The van der Waals surface area contributed by atoms with Crippen LogP contribution in [-0.4, -0.2) is 47.5 Å². The van der Waals surface area contributed by atoms with Crippen LogP contribution in [0.5, 0.6) is 0 Å². The molecule has 0 heterocycles. The fraction of sp³-hybridized carbons (Fsp3) is 0.867. The zero-order valence-corrected chi connectivity index (χ0v) is 16.0. The molecule has 0 N–H and O–H groups in total. The number of allylic oxidation sites excluding steroid dienone is 1. The number of hydrogen-bond acceptors (Lipinski definition) is 6. The molecule has 132 valence electrons. The molecule has 7 heteroatoms. The van der Waals surface area contributed by atoms with Crippen LogP contribution >= 0.6 is 0 Å². The third-order valence-corrected chi connectivity index (χ3v) is 5.29. The van der Waals surface area contributed by atoms with Gasteiger partial charge in [0.05, 0.1) is 0 Å². The molecule has 3 unspecified atom stereocenters. The Morgan fingerprint density at radius 1 is 0.727 bits per heavy atom. The molecule has 22 heavy (non-hydrogen) atoms. The van der Waals surface area contributed by atoms with Gasteiger partial charge in [-0.25, -0.2) is 0 Å². The third kappa shape index (κ3) is 8.99. The van der Waals surface area contributed by atoms with Crippen LogP contribution in [0.25, 0.3) is 0 Å². The number of hydrogen-bond donors (Lipinski definition) is 0. The van der Waals surface area contributed by atoms with Crippen LogP contribution in [0.4, 0.5) is 0 Å². The summed E-state index contributed by atoms with van der Waals surface area (Å²) in [5, 5.41) is 0. The Hall–Kier alpha value is -0.283. The Morgan fingerprint density at radius 2 is 1.05 bits per heavy atom. The molecule has 0 aliphatic carbocycles. The molecule has 0 saturated heterocycles. The quantitative estimate of drug-likeness (QED) is 0.380. The van der Waals surface area contributed by atoms with Crippen molar-refractivity contribution in [2.45, 2.75) is 67.3 Å². The normalized spacial score (nSPS) is 19.0. The lowest BCUT2D eigenvalue weighted by Gasteiger charge is -2.33. The highest BCUT2D eigenvalue weighted by molar-refractivity contribution is 6.66. The average molecular weight is 337 g/mol. The van der Waals surface area contributed by atoms with Gasteiger partial charge in [-0.2, -0.15) is 0 Å². The van der Waals surface area contributed by atoms with Crippen LogP contribution < -0.4 is 0 Å². The molecule has 0 radical (unpaired) electrons. The van der Waals surface area contributed by atoms with E-state index in [1.54, 1.807) is 0 Å². The van der Waals surface area contributed by atoms with Crippen LogP contribution in [0.2, 0.25) is 0 Å². The SMILES string of the molecule is CC=C[Si](OC(C)OCC)(OC(C)OCC)OC(C)OCC. The van der Waals surface area contributed by atoms with E-state index in [4.69, 9.17) is 27.5 Å². The summed E-state index contributed by atoms with van der Waals surface area (Å²) < 4.78 is 34.3. The van der Waals surface area contributed by atoms with Gasteiger partial charge in [0.25, 0.3) is 0 Å². The van der Waals surface area contributed by atoms with Gasteiger partial charge >= 0.3 is 8.80 Å². The second-order valence-electron chi connectivity index (χ2n) is 4.53. The van der Waals surface area contributed by atoms with Gasteiger partial charge in [0, 0.05) is 19.8 Å². The summed E-state index contributed by atoms with van der Waals surface area (Å²) in [5.41, 5.74) is 1.81. The molecular weight excluding hydrogens is 304 g/mol. The fourth-order valence-corrected chi connectivity index (χ4v) is 4.31. The summed E-state index contributed by atoms with van der Waals surface area (Å²) in [6, 6.07) is 0. The fourth-order valence-electron chi connectivity index (χ4n) is 1.91. The first-order valence-electron chi connectivity index (χ1n) is 7.95. The van der Waals surface area contributed by atoms with E-state index in [1.165, 1.54) is 0 Å². The molecule has 0 aliphatic rings. The predicted molar refractivity (Wildman–Crippen MR) is 87.1 cm³/mol. The van der Waals surface area contributed by atoms with Gasteiger partial charge in [-0.3, -0.25) is 0 Å². The molecule has 0 bridgehead atoms. The van der Waals surface area contributed by atoms with E-state index in [0.29, 0.717) is 19.8 Å². The van der Waals surface area contributed by atoms with Crippen LogP contribution in [0.3, 0.4) is 0 Å². The Bertz CT molecular complexity index is 264. The lowest BCUT2D eigenvalue weighted by Crippen LogP contribution is -2.51. The monoisotopic (exact) mass is 336 g/mol. The van der Waals surface area contributed by atoms with Gasteiger partial charge in [0.1, 0.15) is 18.9 Å². The van der Waals surface area contributed by atoms with Crippen LogP contribution in [-0.2, 0) is 27.5 Å². The van der Waals surface area contributed by atoms with Crippen molar-refractivity contribution in [3.05, 3.63) is 11.8 Å². The summed E-state index contributed by atoms with van der Waals surface area (Å²) >= 11 is 0. The highest BCUT2D eigenvalue weighted by Crippen LogP contribution is 2.20. The average Bonchev–Trinajstić information content (AvgIpc) is 2.39. The van der Waals surface area contributed by atoms with E-state index in [0.717, 1.165) is 0 Å². The smallest absolute Gasteiger partial charge is 0.354 e. The summed E-state index contributed by atoms with van der Waals surface area (Å²) in [5.74, 6) is 0. The molecule has 0 aromatic carbocycles. The Morgan fingerprint density at radius 3 is 1.27 bits per heavy atom. The van der Waals surface area contributed by atoms with Gasteiger partial charge in [-0.1, -0.05) is 6.08 Å². The van der Waals surface area contributed by atoms with E-state index >= 15 is 0 Å². The molecule has 0 rings (SSSR count). The summed E-state index contributed by atoms with van der Waals surface area (Å²) in [6.07, 6.45) is 0.504. The molecule has 3 atom stereocenters. The third-order valence-electron chi connectivity index (χ3n) is 2.57. The summed E-state index contributed by atoms with van der Waals surface area (Å²) in [7, 11) is -3.15. The van der Waals surface area contributed by atoms with Crippen molar-refractivity contribution in [2.24, 2.45) is 0 Å². The molecule has 0 spiro atoms. The van der Waals surface area contributed by atoms with E-state index in [1.807, 2.05) is 60.2 Å². The van der Waals surface area contributed by atoms with Gasteiger partial charge < -0.3 is 27.5 Å². The van der Waals surface area contributed by atoms with Gasteiger partial charge in [-0.05, 0) is 54.2 Å². The van der Waals surface area contributed by atoms with E-state index in [-0.39, 0.29) is 0 Å². The lowest BCUT2D eigenvalue weighted by atomic mass is 10.7. The van der Waals surface area contributed by atoms with E-state index < -0.39 is 27.7 Å². The molecular formula is C15H32O6Si. The minimum absolute atomic E-state index is 0.449. The molecule has 0 aromatic heterocycles. The van der Waals surface area contributed by atoms with Crippen molar-refractivity contribution in [3.8, 4) is 0 Å². The van der Waals surface area contributed by atoms with Crippen molar-refractivity contribution in [1.29, 1.82) is 0 Å². The highest BCUT2D eigenvalue weighted by atomic mass is 28.4. The topological polar surface area (TPSA) is 55.4 Å². The summed E-state index contributed by atoms with van der Waals surface area (Å²) in [4.78, 5) is 0. The second kappa shape index (κ2) is 12.2. The Labute approximate surface area is 136 Å². The van der Waals surface area contributed by atoms with Crippen molar-refractivity contribution < 1.29 is 27.5 Å². The zero-order valence-electron chi connectivity index (χ0n) is 15.0. The molecule has 0 amide bonds. The minimum Gasteiger partial charge on any atom is -0.354 e. The maximum absolute atomic E-state index is 5.98. The molecule has 0 aliphatic heterocycles. The first kappa shape index (κ1) is 21.7. The second-order valence-corrected chi connectivity index (χ2v) is 6.77. The number of ether oxygens (including phenoxy) is 3. The maximum atomic E-state index is 5.98. The Balaban J connectivity index is 5.14. The maximum Gasteiger partial charge on any atom is 0.535 e. The van der Waals surface area contributed by atoms with Crippen LogP contribution in [0.1, 0.15) is 48.5 Å². The molecule has 0 saturated carbocycles. The Kier molecular flexibility index (Phi) is 12.0. The molecule has 0 fully saturated rings. The molecule has 6 nitrogen and oxygen atoms in total. The van der Waals surface area contributed by atoms with Gasteiger partial charge in [-0.15, -0.1) is 0 Å². The first-order valence-corrected chi connectivity index (χ1v) is 9.75. The van der Waals surface area contributed by atoms with Crippen LogP contribution in [0.15, 0.2) is 11.8 Å². The van der Waals surface area contributed by atoms with Gasteiger partial charge in [0.2, 0.25) is 0 Å². The van der Waals surface area contributed by atoms with Gasteiger partial charge in [0.15, 0.2) is 0 Å². The largest absolute Gasteiger partial charge is 0.535 e. The zero-order chi connectivity index (χ0) is 17.0. The predicted octanol–water partition coefficient (Wildman–Crippen LogP) is 3.24. The van der Waals surface area contributed by atoms with E-state index in [2.05, 4.69) is 0 Å². The van der Waals surface area contributed by atoms with Crippen molar-refractivity contribution in [3.63, 3.8) is 0 Å².